The molecule has 3 rings (SSSR count). The van der Waals surface area contributed by atoms with Crippen LogP contribution >= 0.6 is 23.4 Å². The normalized spacial score (nSPS) is 10.7. The molecule has 0 saturated carbocycles. The number of aromatic nitrogens is 3. The van der Waals surface area contributed by atoms with Crippen molar-refractivity contribution in [3.05, 3.63) is 70.5 Å². The predicted octanol–water partition coefficient (Wildman–Crippen LogP) is 4.23. The lowest BCUT2D eigenvalue weighted by Gasteiger charge is -2.06. The van der Waals surface area contributed by atoms with Crippen LogP contribution in [0, 0.1) is 11.3 Å². The Kier molecular flexibility index (Phi) is 6.26. The Labute approximate surface area is 165 Å². The van der Waals surface area contributed by atoms with Gasteiger partial charge in [0.15, 0.2) is 0 Å². The SMILES string of the molecule is N#Cc1ccc(Cl)cc1NC(=O)CSc1n[nH]c(/C=C/c2ccccc2)n1. The minimum absolute atomic E-state index is 0.108. The van der Waals surface area contributed by atoms with Gasteiger partial charge in [-0.15, -0.1) is 5.10 Å². The highest BCUT2D eigenvalue weighted by Gasteiger charge is 2.10. The highest BCUT2D eigenvalue weighted by Crippen LogP contribution is 2.21. The summed E-state index contributed by atoms with van der Waals surface area (Å²) in [6.07, 6.45) is 3.74. The van der Waals surface area contributed by atoms with E-state index >= 15 is 0 Å². The third-order valence-corrected chi connectivity index (χ3v) is 4.51. The van der Waals surface area contributed by atoms with Crippen molar-refractivity contribution in [2.24, 2.45) is 0 Å². The van der Waals surface area contributed by atoms with Crippen LogP contribution in [0.25, 0.3) is 12.2 Å². The molecular weight excluding hydrogens is 382 g/mol. The van der Waals surface area contributed by atoms with Crippen LogP contribution in [-0.2, 0) is 4.79 Å². The van der Waals surface area contributed by atoms with E-state index in [1.54, 1.807) is 18.2 Å². The molecule has 27 heavy (non-hydrogen) atoms. The van der Waals surface area contributed by atoms with E-state index in [0.29, 0.717) is 27.3 Å². The molecule has 0 saturated heterocycles. The minimum Gasteiger partial charge on any atom is -0.324 e. The van der Waals surface area contributed by atoms with Gasteiger partial charge >= 0.3 is 0 Å². The first-order chi connectivity index (χ1) is 13.1. The summed E-state index contributed by atoms with van der Waals surface area (Å²) in [5.41, 5.74) is 1.79. The van der Waals surface area contributed by atoms with Gasteiger partial charge in [0.25, 0.3) is 0 Å². The Morgan fingerprint density at radius 3 is 2.85 bits per heavy atom. The number of H-pyrrole nitrogens is 1. The zero-order chi connectivity index (χ0) is 19.1. The summed E-state index contributed by atoms with van der Waals surface area (Å²) in [4.78, 5) is 16.4. The number of nitrogens with zero attached hydrogens (tertiary/aromatic N) is 3. The van der Waals surface area contributed by atoms with Gasteiger partial charge in [0, 0.05) is 5.02 Å². The maximum atomic E-state index is 12.1. The number of hydrogen-bond acceptors (Lipinski definition) is 5. The Balaban J connectivity index is 1.56. The molecule has 0 spiro atoms. The molecule has 0 bridgehead atoms. The monoisotopic (exact) mass is 395 g/mol. The van der Waals surface area contributed by atoms with Crippen LogP contribution in [0.4, 0.5) is 5.69 Å². The smallest absolute Gasteiger partial charge is 0.234 e. The fraction of sp³-hybridized carbons (Fsp3) is 0.0526. The van der Waals surface area contributed by atoms with E-state index in [0.717, 1.165) is 5.56 Å². The van der Waals surface area contributed by atoms with Crippen LogP contribution in [0.3, 0.4) is 0 Å². The molecule has 1 amide bonds. The number of benzene rings is 2. The highest BCUT2D eigenvalue weighted by molar-refractivity contribution is 7.99. The summed E-state index contributed by atoms with van der Waals surface area (Å²) >= 11 is 7.10. The van der Waals surface area contributed by atoms with Crippen molar-refractivity contribution in [1.29, 1.82) is 5.26 Å². The minimum atomic E-state index is -0.273. The molecule has 2 N–H and O–H groups in total. The zero-order valence-corrected chi connectivity index (χ0v) is 15.6. The van der Waals surface area contributed by atoms with Crippen molar-refractivity contribution in [3.8, 4) is 6.07 Å². The molecule has 6 nitrogen and oxygen atoms in total. The van der Waals surface area contributed by atoms with Gasteiger partial charge in [0.1, 0.15) is 11.9 Å². The second kappa shape index (κ2) is 9.03. The van der Waals surface area contributed by atoms with E-state index in [2.05, 4.69) is 20.5 Å². The number of nitrogens with one attached hydrogen (secondary N) is 2. The third kappa shape index (κ3) is 5.45. The number of rotatable bonds is 6. The molecule has 0 aliphatic rings. The Hall–Kier alpha value is -3.08. The molecule has 2 aromatic carbocycles. The molecule has 0 radical (unpaired) electrons. The standard InChI is InChI=1S/C19H14ClN5OS/c20-15-8-7-14(11-21)16(10-15)22-18(26)12-27-19-23-17(24-25-19)9-6-13-4-2-1-3-5-13/h1-10H,12H2,(H,22,26)(H,23,24,25)/b9-6+. The van der Waals surface area contributed by atoms with Gasteiger partial charge < -0.3 is 5.32 Å². The maximum absolute atomic E-state index is 12.1. The lowest BCUT2D eigenvalue weighted by atomic mass is 10.2. The fourth-order valence-electron chi connectivity index (χ4n) is 2.17. The molecule has 1 heterocycles. The van der Waals surface area contributed by atoms with Crippen LogP contribution in [0.2, 0.25) is 5.02 Å². The Morgan fingerprint density at radius 2 is 2.07 bits per heavy atom. The molecule has 8 heteroatoms. The second-order valence-corrected chi connectivity index (χ2v) is 6.76. The summed E-state index contributed by atoms with van der Waals surface area (Å²) in [5.74, 6) is 0.435. The molecule has 0 unspecified atom stereocenters. The van der Waals surface area contributed by atoms with Gasteiger partial charge in [-0.1, -0.05) is 59.8 Å². The fourth-order valence-corrected chi connectivity index (χ4v) is 2.95. The van der Waals surface area contributed by atoms with Gasteiger partial charge in [0.2, 0.25) is 11.1 Å². The van der Waals surface area contributed by atoms with Gasteiger partial charge in [-0.25, -0.2) is 4.98 Å². The van der Waals surface area contributed by atoms with E-state index in [-0.39, 0.29) is 11.7 Å². The molecule has 0 aliphatic heterocycles. The molecule has 0 fully saturated rings. The van der Waals surface area contributed by atoms with Crippen LogP contribution in [0.15, 0.2) is 53.7 Å². The number of carbonyl (C=O) groups is 1. The third-order valence-electron chi connectivity index (χ3n) is 3.42. The summed E-state index contributed by atoms with van der Waals surface area (Å²) in [6.45, 7) is 0. The van der Waals surface area contributed by atoms with Gasteiger partial charge in [-0.05, 0) is 29.8 Å². The first kappa shape index (κ1) is 18.7. The topological polar surface area (TPSA) is 94.5 Å². The number of amides is 1. The summed E-state index contributed by atoms with van der Waals surface area (Å²) in [7, 11) is 0. The van der Waals surface area contributed by atoms with Crippen molar-refractivity contribution in [2.45, 2.75) is 5.16 Å². The summed E-state index contributed by atoms with van der Waals surface area (Å²) in [5, 5.41) is 19.6. The Bertz CT molecular complexity index is 1010. The van der Waals surface area contributed by atoms with Crippen molar-refractivity contribution in [1.82, 2.24) is 15.2 Å². The number of anilines is 1. The average molecular weight is 396 g/mol. The second-order valence-electron chi connectivity index (χ2n) is 5.39. The lowest BCUT2D eigenvalue weighted by Crippen LogP contribution is -2.15. The van der Waals surface area contributed by atoms with E-state index in [1.165, 1.54) is 11.8 Å². The van der Waals surface area contributed by atoms with Crippen molar-refractivity contribution in [2.75, 3.05) is 11.1 Å². The van der Waals surface area contributed by atoms with Crippen LogP contribution < -0.4 is 5.32 Å². The number of nitriles is 1. The van der Waals surface area contributed by atoms with Crippen molar-refractivity contribution >= 4 is 47.1 Å². The summed E-state index contributed by atoms with van der Waals surface area (Å²) in [6, 6.07) is 16.6. The molecule has 3 aromatic rings. The number of hydrogen-bond donors (Lipinski definition) is 2. The number of carbonyl (C=O) groups excluding carboxylic acids is 1. The van der Waals surface area contributed by atoms with Crippen molar-refractivity contribution < 1.29 is 4.79 Å². The molecule has 0 atom stereocenters. The van der Waals surface area contributed by atoms with E-state index in [4.69, 9.17) is 16.9 Å². The van der Waals surface area contributed by atoms with Crippen LogP contribution in [0.1, 0.15) is 17.0 Å². The first-order valence-corrected chi connectivity index (χ1v) is 9.28. The van der Waals surface area contributed by atoms with Gasteiger partial charge in [0.05, 0.1) is 17.0 Å². The van der Waals surface area contributed by atoms with Gasteiger partial charge in [-0.2, -0.15) is 5.26 Å². The quantitative estimate of drug-likeness (QED) is 0.609. The lowest BCUT2D eigenvalue weighted by molar-refractivity contribution is -0.113. The van der Waals surface area contributed by atoms with E-state index in [9.17, 15) is 4.79 Å². The Morgan fingerprint density at radius 1 is 1.26 bits per heavy atom. The maximum Gasteiger partial charge on any atom is 0.234 e. The molecular formula is C19H14ClN5OS. The summed E-state index contributed by atoms with van der Waals surface area (Å²) < 4.78 is 0. The van der Waals surface area contributed by atoms with E-state index < -0.39 is 0 Å². The molecule has 134 valence electrons. The number of halogens is 1. The van der Waals surface area contributed by atoms with Crippen LogP contribution in [0.5, 0.6) is 0 Å². The molecule has 0 aliphatic carbocycles. The first-order valence-electron chi connectivity index (χ1n) is 7.92. The predicted molar refractivity (Wildman–Crippen MR) is 107 cm³/mol. The van der Waals surface area contributed by atoms with Gasteiger partial charge in [-0.3, -0.25) is 9.89 Å². The van der Waals surface area contributed by atoms with E-state index in [1.807, 2.05) is 48.6 Å². The number of thioether (sulfide) groups is 1. The zero-order valence-electron chi connectivity index (χ0n) is 14.0. The largest absolute Gasteiger partial charge is 0.324 e. The average Bonchev–Trinajstić information content (AvgIpc) is 3.14. The van der Waals surface area contributed by atoms with Crippen LogP contribution in [-0.4, -0.2) is 26.8 Å². The molecule has 1 aromatic heterocycles. The highest BCUT2D eigenvalue weighted by atomic mass is 35.5. The number of aromatic amines is 1. The van der Waals surface area contributed by atoms with Crippen molar-refractivity contribution in [3.63, 3.8) is 0 Å².